The second-order valence-electron chi connectivity index (χ2n) is 4.61. The molecule has 0 saturated carbocycles. The van der Waals surface area contributed by atoms with E-state index in [4.69, 9.17) is 51.2 Å². The molecule has 0 bridgehead atoms. The van der Waals surface area contributed by atoms with Gasteiger partial charge < -0.3 is 4.84 Å². The second kappa shape index (κ2) is 6.60. The zero-order valence-electron chi connectivity index (χ0n) is 11.5. The lowest BCUT2D eigenvalue weighted by Gasteiger charge is -2.08. The highest BCUT2D eigenvalue weighted by molar-refractivity contribution is 6.54. The number of fused-ring (bicyclic) bond motifs is 1. The van der Waals surface area contributed by atoms with Crippen molar-refractivity contribution < 1.29 is 9.76 Å². The molecule has 3 aromatic rings. The molecule has 0 aliphatic carbocycles. The average molecular weight is 408 g/mol. The molecule has 7 nitrogen and oxygen atoms in total. The molecule has 3 rings (SSSR count). The lowest BCUT2D eigenvalue weighted by atomic mass is 10.2. The lowest BCUT2D eigenvalue weighted by molar-refractivity contribution is -0.384. The Balaban J connectivity index is 1.90. The van der Waals surface area contributed by atoms with Gasteiger partial charge in [0.2, 0.25) is 0 Å². The maximum atomic E-state index is 10.6. The second-order valence-corrected chi connectivity index (χ2v) is 6.12. The molecule has 0 atom stereocenters. The molecule has 0 aliphatic rings. The first-order valence-electron chi connectivity index (χ1n) is 6.34. The van der Waals surface area contributed by atoms with Gasteiger partial charge in [-0.1, -0.05) is 51.2 Å². The standard InChI is InChI=1S/C13H6Cl4N4O3/c14-8-9(15)11(17)13-12(10(8)16)18-19-20(13)24-5-6-1-3-7(4-2-6)21(22)23/h1-4H,5H2. The van der Waals surface area contributed by atoms with Crippen molar-refractivity contribution in [1.82, 2.24) is 15.2 Å². The minimum Gasteiger partial charge on any atom is -0.390 e. The Morgan fingerprint density at radius 2 is 1.67 bits per heavy atom. The third kappa shape index (κ3) is 2.95. The minimum atomic E-state index is -0.483. The summed E-state index contributed by atoms with van der Waals surface area (Å²) in [6, 6.07) is 5.88. The van der Waals surface area contributed by atoms with Crippen LogP contribution >= 0.6 is 46.4 Å². The number of nitrogens with zero attached hydrogens (tertiary/aromatic N) is 4. The van der Waals surface area contributed by atoms with E-state index >= 15 is 0 Å². The molecule has 0 radical (unpaired) electrons. The van der Waals surface area contributed by atoms with Crippen LogP contribution in [0.25, 0.3) is 11.0 Å². The molecular weight excluding hydrogens is 402 g/mol. The Kier molecular flexibility index (Phi) is 4.69. The number of non-ortho nitro benzene ring substituents is 1. The van der Waals surface area contributed by atoms with E-state index in [1.807, 2.05) is 0 Å². The van der Waals surface area contributed by atoms with Gasteiger partial charge in [-0.25, -0.2) is 0 Å². The van der Waals surface area contributed by atoms with E-state index in [0.29, 0.717) is 5.56 Å². The summed E-state index contributed by atoms with van der Waals surface area (Å²) in [7, 11) is 0. The predicted octanol–water partition coefficient (Wildman–Crippen LogP) is 4.58. The van der Waals surface area contributed by atoms with Crippen LogP contribution in [0.15, 0.2) is 24.3 Å². The summed E-state index contributed by atoms with van der Waals surface area (Å²) < 4.78 is 0. The number of nitro benzene ring substituents is 1. The summed E-state index contributed by atoms with van der Waals surface area (Å²) in [4.78, 5) is 16.7. The van der Waals surface area contributed by atoms with Crippen LogP contribution in [-0.2, 0) is 6.61 Å². The average Bonchev–Trinajstić information content (AvgIpc) is 3.00. The number of hydrogen-bond acceptors (Lipinski definition) is 5. The number of nitro groups is 1. The first-order chi connectivity index (χ1) is 11.4. The number of rotatable bonds is 4. The third-order valence-corrected chi connectivity index (χ3v) is 4.92. The van der Waals surface area contributed by atoms with Gasteiger partial charge in [0.15, 0.2) is 5.52 Å². The van der Waals surface area contributed by atoms with Crippen LogP contribution in [0.4, 0.5) is 5.69 Å². The van der Waals surface area contributed by atoms with Gasteiger partial charge in [-0.05, 0) is 22.9 Å². The fraction of sp³-hybridized carbons (Fsp3) is 0.0769. The Morgan fingerprint density at radius 1 is 1.04 bits per heavy atom. The first kappa shape index (κ1) is 17.0. The molecule has 1 aromatic heterocycles. The number of halogens is 4. The maximum absolute atomic E-state index is 10.6. The molecule has 2 aromatic carbocycles. The van der Waals surface area contributed by atoms with Crippen LogP contribution in [0.1, 0.15) is 5.56 Å². The molecule has 0 N–H and O–H groups in total. The lowest BCUT2D eigenvalue weighted by Crippen LogP contribution is -2.13. The Bertz CT molecular complexity index is 943. The third-order valence-electron chi connectivity index (χ3n) is 3.14. The summed E-state index contributed by atoms with van der Waals surface area (Å²) in [5, 5.41) is 18.7. The smallest absolute Gasteiger partial charge is 0.269 e. The van der Waals surface area contributed by atoms with Crippen LogP contribution in [-0.4, -0.2) is 20.1 Å². The van der Waals surface area contributed by atoms with Gasteiger partial charge in [0.05, 0.1) is 25.0 Å². The Labute approximate surface area is 154 Å². The maximum Gasteiger partial charge on any atom is 0.269 e. The van der Waals surface area contributed by atoms with E-state index < -0.39 is 4.92 Å². The summed E-state index contributed by atoms with van der Waals surface area (Å²) in [6.45, 7) is 0.0741. The molecule has 1 heterocycles. The predicted molar refractivity (Wildman–Crippen MR) is 90.9 cm³/mol. The zero-order valence-corrected chi connectivity index (χ0v) is 14.6. The van der Waals surface area contributed by atoms with Crippen molar-refractivity contribution in [2.45, 2.75) is 6.61 Å². The van der Waals surface area contributed by atoms with Gasteiger partial charge >= 0.3 is 0 Å². The van der Waals surface area contributed by atoms with Crippen molar-refractivity contribution in [3.8, 4) is 0 Å². The van der Waals surface area contributed by atoms with E-state index in [-0.39, 0.29) is 43.4 Å². The van der Waals surface area contributed by atoms with Gasteiger partial charge in [0.25, 0.3) is 5.69 Å². The zero-order chi connectivity index (χ0) is 17.4. The van der Waals surface area contributed by atoms with E-state index in [1.165, 1.54) is 12.1 Å². The SMILES string of the molecule is O=[N+]([O-])c1ccc(COn2nnc3c(Cl)c(Cl)c(Cl)c(Cl)c32)cc1. The van der Waals surface area contributed by atoms with Crippen LogP contribution in [0.5, 0.6) is 0 Å². The normalized spacial score (nSPS) is 11.0. The van der Waals surface area contributed by atoms with Gasteiger partial charge in [-0.3, -0.25) is 10.1 Å². The van der Waals surface area contributed by atoms with Crippen molar-refractivity contribution in [2.24, 2.45) is 0 Å². The molecular formula is C13H6Cl4N4O3. The van der Waals surface area contributed by atoms with Crippen LogP contribution in [0.3, 0.4) is 0 Å². The van der Waals surface area contributed by atoms with Gasteiger partial charge in [-0.2, -0.15) is 0 Å². The number of benzene rings is 2. The fourth-order valence-electron chi connectivity index (χ4n) is 1.94. The summed E-state index contributed by atoms with van der Waals surface area (Å²) in [5.74, 6) is 0. The largest absolute Gasteiger partial charge is 0.390 e. The van der Waals surface area contributed by atoms with Crippen molar-refractivity contribution in [3.05, 3.63) is 60.0 Å². The van der Waals surface area contributed by atoms with Crippen molar-refractivity contribution in [3.63, 3.8) is 0 Å². The van der Waals surface area contributed by atoms with Crippen LogP contribution in [0.2, 0.25) is 20.1 Å². The molecule has 0 aliphatic heterocycles. The molecule has 24 heavy (non-hydrogen) atoms. The minimum absolute atomic E-state index is 0.0128. The molecule has 0 saturated heterocycles. The molecule has 0 amide bonds. The van der Waals surface area contributed by atoms with Crippen LogP contribution in [0, 0.1) is 10.1 Å². The van der Waals surface area contributed by atoms with Gasteiger partial charge in [0.1, 0.15) is 12.1 Å². The van der Waals surface area contributed by atoms with Crippen molar-refractivity contribution >= 4 is 63.1 Å². The highest BCUT2D eigenvalue weighted by Gasteiger charge is 2.21. The van der Waals surface area contributed by atoms with E-state index in [2.05, 4.69) is 10.3 Å². The highest BCUT2D eigenvalue weighted by atomic mass is 35.5. The molecule has 0 spiro atoms. The molecule has 124 valence electrons. The quantitative estimate of drug-likeness (QED) is 0.273. The summed E-state index contributed by atoms with van der Waals surface area (Å²) in [5.41, 5.74) is 1.20. The summed E-state index contributed by atoms with van der Waals surface area (Å²) >= 11 is 24.2. The van der Waals surface area contributed by atoms with Crippen molar-refractivity contribution in [1.29, 1.82) is 0 Å². The summed E-state index contributed by atoms with van der Waals surface area (Å²) in [6.07, 6.45) is 0. The highest BCUT2D eigenvalue weighted by Crippen LogP contribution is 2.41. The number of hydrogen-bond donors (Lipinski definition) is 0. The monoisotopic (exact) mass is 406 g/mol. The van der Waals surface area contributed by atoms with Gasteiger partial charge in [0, 0.05) is 12.1 Å². The van der Waals surface area contributed by atoms with E-state index in [1.54, 1.807) is 12.1 Å². The Hall–Kier alpha value is -1.80. The topological polar surface area (TPSA) is 83.1 Å². The first-order valence-corrected chi connectivity index (χ1v) is 7.85. The molecule has 0 unspecified atom stereocenters. The van der Waals surface area contributed by atoms with E-state index in [9.17, 15) is 10.1 Å². The van der Waals surface area contributed by atoms with Crippen LogP contribution < -0.4 is 4.84 Å². The number of aromatic nitrogens is 3. The van der Waals surface area contributed by atoms with Crippen molar-refractivity contribution in [2.75, 3.05) is 0 Å². The molecule has 11 heteroatoms. The molecule has 0 fully saturated rings. The van der Waals surface area contributed by atoms with Gasteiger partial charge in [-0.15, -0.1) is 5.10 Å². The van der Waals surface area contributed by atoms with E-state index in [0.717, 1.165) is 4.85 Å². The Morgan fingerprint density at radius 3 is 2.29 bits per heavy atom. The fourth-order valence-corrected chi connectivity index (χ4v) is 2.89.